The van der Waals surface area contributed by atoms with Crippen LogP contribution in [0.3, 0.4) is 0 Å². The number of benzene rings is 2. The Morgan fingerprint density at radius 3 is 2.43 bits per heavy atom. The fraction of sp³-hybridized carbons (Fsp3) is 0.211. The number of hydrogen-bond acceptors (Lipinski definition) is 1. The maximum absolute atomic E-state index is 10.9. The monoisotopic (exact) mass is 276 g/mol. The van der Waals surface area contributed by atoms with E-state index in [1.54, 1.807) is 0 Å². The number of aryl methyl sites for hydroxylation is 1. The number of hydrogen-bond donors (Lipinski definition) is 1. The SMILES string of the molecule is Cc1cccc(C#Cc2ccc(C3CC3C(=O)O)cc2)c1. The number of aliphatic carboxylic acids is 1. The first-order valence-corrected chi connectivity index (χ1v) is 7.05. The van der Waals surface area contributed by atoms with E-state index in [4.69, 9.17) is 5.11 Å². The number of carbonyl (C=O) groups is 1. The number of carboxylic acids is 1. The minimum Gasteiger partial charge on any atom is -0.481 e. The average molecular weight is 276 g/mol. The molecule has 1 fully saturated rings. The van der Waals surface area contributed by atoms with Gasteiger partial charge in [0.1, 0.15) is 0 Å². The van der Waals surface area contributed by atoms with E-state index in [0.717, 1.165) is 23.1 Å². The predicted molar refractivity (Wildman–Crippen MR) is 82.1 cm³/mol. The molecule has 0 amide bonds. The van der Waals surface area contributed by atoms with Crippen molar-refractivity contribution >= 4 is 5.97 Å². The van der Waals surface area contributed by atoms with Crippen LogP contribution in [0.2, 0.25) is 0 Å². The van der Waals surface area contributed by atoms with Gasteiger partial charge in [0, 0.05) is 11.1 Å². The second-order valence-corrected chi connectivity index (χ2v) is 5.53. The highest BCUT2D eigenvalue weighted by molar-refractivity contribution is 5.75. The largest absolute Gasteiger partial charge is 0.481 e. The molecule has 2 aromatic rings. The van der Waals surface area contributed by atoms with Gasteiger partial charge in [-0.2, -0.15) is 0 Å². The second kappa shape index (κ2) is 5.46. The van der Waals surface area contributed by atoms with Crippen molar-refractivity contribution in [2.45, 2.75) is 19.3 Å². The van der Waals surface area contributed by atoms with Crippen LogP contribution in [0.5, 0.6) is 0 Å². The highest BCUT2D eigenvalue weighted by Crippen LogP contribution is 2.47. The van der Waals surface area contributed by atoms with Crippen molar-refractivity contribution in [3.63, 3.8) is 0 Å². The van der Waals surface area contributed by atoms with Crippen LogP contribution in [0.1, 0.15) is 34.6 Å². The summed E-state index contributed by atoms with van der Waals surface area (Å²) >= 11 is 0. The number of carboxylic acid groups (broad SMARTS) is 1. The van der Waals surface area contributed by atoms with Crippen molar-refractivity contribution < 1.29 is 9.90 Å². The third kappa shape index (κ3) is 3.14. The molecular formula is C19H16O2. The molecule has 0 aliphatic heterocycles. The third-order valence-corrected chi connectivity index (χ3v) is 3.82. The topological polar surface area (TPSA) is 37.3 Å². The molecule has 0 aromatic heterocycles. The molecule has 21 heavy (non-hydrogen) atoms. The predicted octanol–water partition coefficient (Wildman–Crippen LogP) is 3.58. The van der Waals surface area contributed by atoms with Crippen molar-refractivity contribution in [1.29, 1.82) is 0 Å². The Kier molecular flexibility index (Phi) is 3.50. The molecule has 104 valence electrons. The first kappa shape index (κ1) is 13.5. The van der Waals surface area contributed by atoms with E-state index in [1.807, 2.05) is 36.4 Å². The van der Waals surface area contributed by atoms with Gasteiger partial charge in [0.15, 0.2) is 0 Å². The van der Waals surface area contributed by atoms with Crippen LogP contribution in [-0.4, -0.2) is 11.1 Å². The standard InChI is InChI=1S/C19H16O2/c1-13-3-2-4-15(11-13)6-5-14-7-9-16(10-8-14)17-12-18(17)19(20)21/h2-4,7-11,17-18H,12H2,1H3,(H,20,21). The molecule has 1 saturated carbocycles. The van der Waals surface area contributed by atoms with Gasteiger partial charge in [-0.3, -0.25) is 4.79 Å². The van der Waals surface area contributed by atoms with Gasteiger partial charge in [-0.15, -0.1) is 0 Å². The lowest BCUT2D eigenvalue weighted by molar-refractivity contribution is -0.138. The minimum atomic E-state index is -0.691. The Morgan fingerprint density at radius 2 is 1.81 bits per heavy atom. The first-order valence-electron chi connectivity index (χ1n) is 7.05. The summed E-state index contributed by atoms with van der Waals surface area (Å²) in [6.45, 7) is 2.05. The summed E-state index contributed by atoms with van der Waals surface area (Å²) in [6, 6.07) is 16.0. The fourth-order valence-electron chi connectivity index (χ4n) is 2.52. The lowest BCUT2D eigenvalue weighted by Gasteiger charge is -1.98. The van der Waals surface area contributed by atoms with Crippen LogP contribution in [0.15, 0.2) is 48.5 Å². The molecule has 0 bridgehead atoms. The molecule has 3 rings (SSSR count). The van der Waals surface area contributed by atoms with Gasteiger partial charge in [0.2, 0.25) is 0 Å². The van der Waals surface area contributed by atoms with Crippen LogP contribution in [0, 0.1) is 24.7 Å². The normalized spacial score (nSPS) is 19.5. The van der Waals surface area contributed by atoms with Crippen LogP contribution in [0.25, 0.3) is 0 Å². The Bertz CT molecular complexity index is 732. The Labute approximate surface area is 124 Å². The molecule has 0 spiro atoms. The fourth-order valence-corrected chi connectivity index (χ4v) is 2.52. The van der Waals surface area contributed by atoms with Gasteiger partial charge >= 0.3 is 5.97 Å². The summed E-state index contributed by atoms with van der Waals surface area (Å²) in [4.78, 5) is 10.9. The van der Waals surface area contributed by atoms with Crippen LogP contribution >= 0.6 is 0 Å². The molecule has 1 aliphatic rings. The number of rotatable bonds is 2. The van der Waals surface area contributed by atoms with E-state index in [-0.39, 0.29) is 11.8 Å². The molecule has 1 N–H and O–H groups in total. The smallest absolute Gasteiger partial charge is 0.307 e. The molecule has 2 unspecified atom stereocenters. The minimum absolute atomic E-state index is 0.182. The van der Waals surface area contributed by atoms with E-state index in [9.17, 15) is 4.79 Å². The van der Waals surface area contributed by atoms with Crippen molar-refractivity contribution in [2.24, 2.45) is 5.92 Å². The molecule has 0 saturated heterocycles. The molecule has 2 heteroatoms. The summed E-state index contributed by atoms with van der Waals surface area (Å²) in [5.41, 5.74) is 4.26. The van der Waals surface area contributed by atoms with E-state index in [1.165, 1.54) is 5.56 Å². The van der Waals surface area contributed by atoms with Gasteiger partial charge in [-0.25, -0.2) is 0 Å². The lowest BCUT2D eigenvalue weighted by atomic mass is 10.1. The zero-order chi connectivity index (χ0) is 14.8. The van der Waals surface area contributed by atoms with Gasteiger partial charge in [0.05, 0.1) is 5.92 Å². The maximum atomic E-state index is 10.9. The summed E-state index contributed by atoms with van der Waals surface area (Å²) in [5.74, 6) is 5.58. The van der Waals surface area contributed by atoms with Crippen LogP contribution in [-0.2, 0) is 4.79 Å². The van der Waals surface area contributed by atoms with Crippen LogP contribution < -0.4 is 0 Å². The van der Waals surface area contributed by atoms with E-state index in [2.05, 4.69) is 30.9 Å². The third-order valence-electron chi connectivity index (χ3n) is 3.82. The van der Waals surface area contributed by atoms with Gasteiger partial charge in [-0.05, 0) is 54.7 Å². The zero-order valence-corrected chi connectivity index (χ0v) is 11.8. The summed E-state index contributed by atoms with van der Waals surface area (Å²) in [5, 5.41) is 8.95. The highest BCUT2D eigenvalue weighted by Gasteiger charge is 2.43. The van der Waals surface area contributed by atoms with Crippen molar-refractivity contribution in [1.82, 2.24) is 0 Å². The first-order chi connectivity index (χ1) is 10.1. The Hall–Kier alpha value is -2.53. The molecule has 0 radical (unpaired) electrons. The lowest BCUT2D eigenvalue weighted by Crippen LogP contribution is -1.98. The van der Waals surface area contributed by atoms with Gasteiger partial charge in [-0.1, -0.05) is 36.1 Å². The van der Waals surface area contributed by atoms with Crippen molar-refractivity contribution in [3.8, 4) is 11.8 Å². The van der Waals surface area contributed by atoms with E-state index >= 15 is 0 Å². The molecular weight excluding hydrogens is 260 g/mol. The second-order valence-electron chi connectivity index (χ2n) is 5.53. The highest BCUT2D eigenvalue weighted by atomic mass is 16.4. The Morgan fingerprint density at radius 1 is 1.10 bits per heavy atom. The molecule has 2 nitrogen and oxygen atoms in total. The maximum Gasteiger partial charge on any atom is 0.307 e. The average Bonchev–Trinajstić information content (AvgIpc) is 3.26. The zero-order valence-electron chi connectivity index (χ0n) is 11.8. The molecule has 1 aliphatic carbocycles. The molecule has 0 heterocycles. The van der Waals surface area contributed by atoms with Crippen LogP contribution in [0.4, 0.5) is 0 Å². The summed E-state index contributed by atoms with van der Waals surface area (Å²) in [6.07, 6.45) is 0.754. The summed E-state index contributed by atoms with van der Waals surface area (Å²) in [7, 11) is 0. The van der Waals surface area contributed by atoms with Gasteiger partial charge in [0.25, 0.3) is 0 Å². The quantitative estimate of drug-likeness (QED) is 0.851. The van der Waals surface area contributed by atoms with Gasteiger partial charge < -0.3 is 5.11 Å². The Balaban J connectivity index is 1.73. The van der Waals surface area contributed by atoms with Crippen molar-refractivity contribution in [3.05, 3.63) is 70.8 Å². The van der Waals surface area contributed by atoms with E-state index < -0.39 is 5.97 Å². The molecule has 2 atom stereocenters. The summed E-state index contributed by atoms with van der Waals surface area (Å²) < 4.78 is 0. The van der Waals surface area contributed by atoms with E-state index in [0.29, 0.717) is 0 Å². The van der Waals surface area contributed by atoms with Crippen molar-refractivity contribution in [2.75, 3.05) is 0 Å². The molecule has 2 aromatic carbocycles.